The number of carboxylic acids is 1. The standard InChI is InChI=1S/C13H9NO3S2/c1-14-6-7(4-8(14)13(16)17)12(15)11-5-10-9(19-11)2-3-18-10/h2-6H,1H3,(H,16,17). The lowest BCUT2D eigenvalue weighted by molar-refractivity contribution is 0.0686. The molecule has 0 aliphatic heterocycles. The van der Waals surface area contributed by atoms with Gasteiger partial charge < -0.3 is 9.67 Å². The van der Waals surface area contributed by atoms with Crippen molar-refractivity contribution in [1.82, 2.24) is 4.57 Å². The quantitative estimate of drug-likeness (QED) is 0.754. The summed E-state index contributed by atoms with van der Waals surface area (Å²) in [6.07, 6.45) is 1.56. The number of rotatable bonds is 3. The maximum Gasteiger partial charge on any atom is 0.352 e. The highest BCUT2D eigenvalue weighted by atomic mass is 32.1. The highest BCUT2D eigenvalue weighted by Crippen LogP contribution is 2.31. The molecule has 0 aliphatic rings. The minimum atomic E-state index is -1.03. The van der Waals surface area contributed by atoms with Crippen LogP contribution in [0.5, 0.6) is 0 Å². The van der Waals surface area contributed by atoms with Crippen molar-refractivity contribution in [2.45, 2.75) is 0 Å². The number of fused-ring (bicyclic) bond motifs is 1. The Kier molecular flexibility index (Phi) is 2.76. The van der Waals surface area contributed by atoms with E-state index in [1.807, 2.05) is 17.5 Å². The zero-order valence-electron chi connectivity index (χ0n) is 9.91. The third-order valence-corrected chi connectivity index (χ3v) is 4.94. The average Bonchev–Trinajstić information content (AvgIpc) is 2.99. The number of carbonyl (C=O) groups is 2. The Hall–Kier alpha value is -1.92. The van der Waals surface area contributed by atoms with Crippen LogP contribution in [0.2, 0.25) is 0 Å². The summed E-state index contributed by atoms with van der Waals surface area (Å²) in [5.74, 6) is -1.16. The van der Waals surface area contributed by atoms with E-state index >= 15 is 0 Å². The van der Waals surface area contributed by atoms with E-state index in [9.17, 15) is 9.59 Å². The minimum Gasteiger partial charge on any atom is -0.477 e. The number of aryl methyl sites for hydroxylation is 1. The molecule has 0 aromatic carbocycles. The minimum absolute atomic E-state index is 0.113. The first kappa shape index (κ1) is 12.1. The molecule has 0 saturated heterocycles. The summed E-state index contributed by atoms with van der Waals surface area (Å²) in [7, 11) is 1.62. The van der Waals surface area contributed by atoms with Gasteiger partial charge in [-0.2, -0.15) is 0 Å². The van der Waals surface area contributed by atoms with Crippen LogP contribution in [0.3, 0.4) is 0 Å². The van der Waals surface area contributed by atoms with Crippen molar-refractivity contribution in [3.05, 3.63) is 45.9 Å². The summed E-state index contributed by atoms with van der Waals surface area (Å²) < 4.78 is 3.62. The highest BCUT2D eigenvalue weighted by Gasteiger charge is 2.18. The smallest absolute Gasteiger partial charge is 0.352 e. The van der Waals surface area contributed by atoms with Gasteiger partial charge in [-0.25, -0.2) is 4.79 Å². The van der Waals surface area contributed by atoms with Gasteiger partial charge in [-0.05, 0) is 23.6 Å². The van der Waals surface area contributed by atoms with Crippen LogP contribution in [-0.2, 0) is 7.05 Å². The second-order valence-corrected chi connectivity index (χ2v) is 6.15. The van der Waals surface area contributed by atoms with E-state index in [1.54, 1.807) is 24.6 Å². The van der Waals surface area contributed by atoms with E-state index < -0.39 is 5.97 Å². The Bertz CT molecular complexity index is 765. The van der Waals surface area contributed by atoms with Crippen molar-refractivity contribution in [3.8, 4) is 0 Å². The second kappa shape index (κ2) is 4.32. The number of ketones is 1. The molecule has 0 fully saturated rings. The molecule has 0 amide bonds. The zero-order valence-corrected chi connectivity index (χ0v) is 11.5. The van der Waals surface area contributed by atoms with Crippen LogP contribution in [0.15, 0.2) is 29.8 Å². The van der Waals surface area contributed by atoms with E-state index in [0.29, 0.717) is 10.4 Å². The Morgan fingerprint density at radius 3 is 2.68 bits per heavy atom. The SMILES string of the molecule is Cn1cc(C(=O)c2cc3sccc3s2)cc1C(=O)O. The number of aromatic carboxylic acids is 1. The van der Waals surface area contributed by atoms with Crippen LogP contribution in [0.25, 0.3) is 9.40 Å². The molecule has 19 heavy (non-hydrogen) atoms. The van der Waals surface area contributed by atoms with Gasteiger partial charge >= 0.3 is 5.97 Å². The van der Waals surface area contributed by atoms with E-state index in [0.717, 1.165) is 9.40 Å². The van der Waals surface area contributed by atoms with Gasteiger partial charge in [-0.3, -0.25) is 4.79 Å². The molecule has 3 aromatic rings. The molecule has 4 nitrogen and oxygen atoms in total. The number of thiophene rings is 2. The van der Waals surface area contributed by atoms with E-state index in [2.05, 4.69) is 0 Å². The summed E-state index contributed by atoms with van der Waals surface area (Å²) in [5, 5.41) is 11.0. The summed E-state index contributed by atoms with van der Waals surface area (Å²) in [4.78, 5) is 23.9. The van der Waals surface area contributed by atoms with E-state index in [4.69, 9.17) is 5.11 Å². The maximum atomic E-state index is 12.3. The molecule has 0 aliphatic carbocycles. The van der Waals surface area contributed by atoms with Crippen molar-refractivity contribution < 1.29 is 14.7 Å². The Balaban J connectivity index is 2.02. The number of hydrogen-bond donors (Lipinski definition) is 1. The molecule has 0 saturated carbocycles. The predicted octanol–water partition coefficient (Wildman–Crippen LogP) is 3.23. The largest absolute Gasteiger partial charge is 0.477 e. The second-order valence-electron chi connectivity index (χ2n) is 4.12. The van der Waals surface area contributed by atoms with Gasteiger partial charge in [0.25, 0.3) is 0 Å². The maximum absolute atomic E-state index is 12.3. The molecule has 3 heterocycles. The summed E-state index contributed by atoms with van der Waals surface area (Å²) >= 11 is 3.03. The normalized spacial score (nSPS) is 11.0. The first-order valence-electron chi connectivity index (χ1n) is 5.47. The van der Waals surface area contributed by atoms with Crippen molar-refractivity contribution in [3.63, 3.8) is 0 Å². The van der Waals surface area contributed by atoms with Crippen molar-refractivity contribution in [2.24, 2.45) is 7.05 Å². The fraction of sp³-hybridized carbons (Fsp3) is 0.0769. The van der Waals surface area contributed by atoms with Gasteiger partial charge in [0.1, 0.15) is 5.69 Å². The van der Waals surface area contributed by atoms with Crippen LogP contribution in [-0.4, -0.2) is 21.4 Å². The summed E-state index contributed by atoms with van der Waals surface area (Å²) in [5.41, 5.74) is 0.524. The molecule has 3 rings (SSSR count). The van der Waals surface area contributed by atoms with Gasteiger partial charge in [0.2, 0.25) is 5.78 Å². The molecule has 0 unspecified atom stereocenters. The fourth-order valence-electron chi connectivity index (χ4n) is 1.92. The molecule has 0 spiro atoms. The third kappa shape index (κ3) is 1.98. The Morgan fingerprint density at radius 2 is 2.05 bits per heavy atom. The molecular formula is C13H9NO3S2. The van der Waals surface area contributed by atoms with E-state index in [1.165, 1.54) is 22.0 Å². The lowest BCUT2D eigenvalue weighted by Crippen LogP contribution is -2.02. The molecular weight excluding hydrogens is 282 g/mol. The van der Waals surface area contributed by atoms with Crippen molar-refractivity contribution >= 4 is 43.8 Å². The number of nitrogens with zero attached hydrogens (tertiary/aromatic N) is 1. The number of carbonyl (C=O) groups excluding carboxylic acids is 1. The van der Waals surface area contributed by atoms with Crippen LogP contribution in [0.1, 0.15) is 25.7 Å². The third-order valence-electron chi connectivity index (χ3n) is 2.85. The van der Waals surface area contributed by atoms with Crippen molar-refractivity contribution in [2.75, 3.05) is 0 Å². The van der Waals surface area contributed by atoms with Gasteiger partial charge in [-0.1, -0.05) is 0 Å². The number of hydrogen-bond acceptors (Lipinski definition) is 4. The topological polar surface area (TPSA) is 59.3 Å². The predicted molar refractivity (Wildman–Crippen MR) is 75.5 cm³/mol. The van der Waals surface area contributed by atoms with Crippen LogP contribution < -0.4 is 0 Å². The monoisotopic (exact) mass is 291 g/mol. The number of aromatic nitrogens is 1. The van der Waals surface area contributed by atoms with Gasteiger partial charge in [0.15, 0.2) is 0 Å². The lowest BCUT2D eigenvalue weighted by atomic mass is 10.2. The molecule has 0 bridgehead atoms. The molecule has 0 radical (unpaired) electrons. The van der Waals surface area contributed by atoms with Gasteiger partial charge in [-0.15, -0.1) is 22.7 Å². The summed E-state index contributed by atoms with van der Waals surface area (Å²) in [6, 6.07) is 5.26. The van der Waals surface area contributed by atoms with E-state index in [-0.39, 0.29) is 11.5 Å². The Morgan fingerprint density at radius 1 is 1.26 bits per heavy atom. The molecule has 3 aromatic heterocycles. The van der Waals surface area contributed by atoms with Crippen LogP contribution in [0, 0.1) is 0 Å². The first-order valence-corrected chi connectivity index (χ1v) is 7.17. The first-order chi connectivity index (χ1) is 9.06. The number of carboxylic acid groups (broad SMARTS) is 1. The van der Waals surface area contributed by atoms with Crippen LogP contribution in [0.4, 0.5) is 0 Å². The van der Waals surface area contributed by atoms with Gasteiger partial charge in [0.05, 0.1) is 4.88 Å². The highest BCUT2D eigenvalue weighted by molar-refractivity contribution is 7.28. The summed E-state index contributed by atoms with van der Waals surface area (Å²) in [6.45, 7) is 0. The van der Waals surface area contributed by atoms with Gasteiger partial charge in [0, 0.05) is 28.2 Å². The molecule has 6 heteroatoms. The van der Waals surface area contributed by atoms with Crippen LogP contribution >= 0.6 is 22.7 Å². The van der Waals surface area contributed by atoms with Crippen molar-refractivity contribution in [1.29, 1.82) is 0 Å². The fourth-order valence-corrected chi connectivity index (χ4v) is 3.99. The lowest BCUT2D eigenvalue weighted by Gasteiger charge is -1.93. The zero-order chi connectivity index (χ0) is 13.6. The molecule has 1 N–H and O–H groups in total. The molecule has 96 valence electrons. The molecule has 0 atom stereocenters. The Labute approximate surface area is 116 Å². The average molecular weight is 291 g/mol.